The van der Waals surface area contributed by atoms with Crippen molar-refractivity contribution in [2.75, 3.05) is 6.61 Å². The fourth-order valence-corrected chi connectivity index (χ4v) is 3.08. The van der Waals surface area contributed by atoms with E-state index in [1.807, 2.05) is 5.38 Å². The quantitative estimate of drug-likeness (QED) is 0.648. The normalized spacial score (nSPS) is 17.5. The van der Waals surface area contributed by atoms with Crippen molar-refractivity contribution in [2.45, 2.75) is 12.6 Å². The van der Waals surface area contributed by atoms with Gasteiger partial charge in [0, 0.05) is 10.9 Å². The van der Waals surface area contributed by atoms with E-state index in [-0.39, 0.29) is 0 Å². The summed E-state index contributed by atoms with van der Waals surface area (Å²) in [7, 11) is 0. The molecular weight excluding hydrogens is 286 g/mol. The number of tetrazole rings is 1. The van der Waals surface area contributed by atoms with Gasteiger partial charge in [-0.3, -0.25) is 4.79 Å². The highest BCUT2D eigenvalue weighted by molar-refractivity contribution is 7.10. The van der Waals surface area contributed by atoms with Gasteiger partial charge in [-0.15, -0.1) is 21.5 Å². The summed E-state index contributed by atoms with van der Waals surface area (Å²) in [5.41, 5.74) is 1.76. The molecule has 104 valence electrons. The summed E-state index contributed by atoms with van der Waals surface area (Å²) in [6.07, 6.45) is -0.115. The Morgan fingerprint density at radius 3 is 3.10 bits per heavy atom. The van der Waals surface area contributed by atoms with Crippen molar-refractivity contribution in [3.05, 3.63) is 15.8 Å². The van der Waals surface area contributed by atoms with E-state index in [1.54, 1.807) is 0 Å². The number of carboxylic acid groups (broad SMARTS) is 1. The molecule has 0 saturated heterocycles. The number of hydrogen-bond donors (Lipinski definition) is 3. The molecule has 0 spiro atoms. The summed E-state index contributed by atoms with van der Waals surface area (Å²) in [6.45, 7) is 0.374. The Balaban J connectivity index is 1.91. The molecule has 0 aliphatic carbocycles. The molecule has 0 aromatic carbocycles. The zero-order valence-corrected chi connectivity index (χ0v) is 10.8. The van der Waals surface area contributed by atoms with E-state index in [1.165, 1.54) is 11.3 Å². The number of ether oxygens (including phenoxy) is 1. The van der Waals surface area contributed by atoms with Crippen LogP contribution in [0.1, 0.15) is 16.7 Å². The summed E-state index contributed by atoms with van der Waals surface area (Å²) in [4.78, 5) is 22.6. The standard InChI is InChI=1S/C10H9N5O4S/c16-8(10(17)18)11-9-6-4(1-2-19-9)5(3-20-6)7-12-14-15-13-7/h3,9H,1-2H2,(H,11,16)(H,17,18)(H,12,13,14,15). The summed E-state index contributed by atoms with van der Waals surface area (Å²) < 4.78 is 5.41. The first-order chi connectivity index (χ1) is 9.66. The van der Waals surface area contributed by atoms with Crippen LogP contribution < -0.4 is 5.32 Å². The summed E-state index contributed by atoms with van der Waals surface area (Å²) >= 11 is 1.36. The number of aromatic nitrogens is 4. The predicted molar refractivity (Wildman–Crippen MR) is 65.7 cm³/mol. The van der Waals surface area contributed by atoms with Gasteiger partial charge in [-0.25, -0.2) is 4.79 Å². The minimum absolute atomic E-state index is 0.374. The van der Waals surface area contributed by atoms with Crippen molar-refractivity contribution < 1.29 is 19.4 Å². The fraction of sp³-hybridized carbons (Fsp3) is 0.300. The zero-order chi connectivity index (χ0) is 14.1. The molecule has 2 aromatic rings. The zero-order valence-electron chi connectivity index (χ0n) is 9.99. The number of nitrogens with zero attached hydrogens (tertiary/aromatic N) is 3. The summed E-state index contributed by atoms with van der Waals surface area (Å²) in [5.74, 6) is -2.18. The highest BCUT2D eigenvalue weighted by atomic mass is 32.1. The third-order valence-corrected chi connectivity index (χ3v) is 3.91. The van der Waals surface area contributed by atoms with Gasteiger partial charge in [0.2, 0.25) is 5.82 Å². The Kier molecular flexibility index (Phi) is 3.16. The van der Waals surface area contributed by atoms with Crippen LogP contribution in [0.15, 0.2) is 5.38 Å². The first kappa shape index (κ1) is 12.7. The van der Waals surface area contributed by atoms with Crippen molar-refractivity contribution in [2.24, 2.45) is 0 Å². The molecule has 0 radical (unpaired) electrons. The molecule has 0 bridgehead atoms. The van der Waals surface area contributed by atoms with E-state index < -0.39 is 18.1 Å². The Morgan fingerprint density at radius 2 is 2.40 bits per heavy atom. The Bertz CT molecular complexity index is 653. The van der Waals surface area contributed by atoms with Crippen molar-refractivity contribution in [3.63, 3.8) is 0 Å². The van der Waals surface area contributed by atoms with Crippen molar-refractivity contribution >= 4 is 23.2 Å². The minimum Gasteiger partial charge on any atom is -0.474 e. The molecule has 1 aliphatic heterocycles. The first-order valence-electron chi connectivity index (χ1n) is 5.66. The van der Waals surface area contributed by atoms with Crippen LogP contribution in [-0.2, 0) is 20.7 Å². The van der Waals surface area contributed by atoms with Gasteiger partial charge in [-0.05, 0) is 17.2 Å². The number of aliphatic carboxylic acids is 1. The number of carbonyl (C=O) groups excluding carboxylic acids is 1. The lowest BCUT2D eigenvalue weighted by Gasteiger charge is -2.23. The van der Waals surface area contributed by atoms with Gasteiger partial charge in [0.25, 0.3) is 0 Å². The van der Waals surface area contributed by atoms with Crippen LogP contribution in [0.25, 0.3) is 11.4 Å². The average molecular weight is 295 g/mol. The van der Waals surface area contributed by atoms with Gasteiger partial charge in [-0.1, -0.05) is 0 Å². The van der Waals surface area contributed by atoms with Gasteiger partial charge in [0.05, 0.1) is 11.5 Å². The SMILES string of the molecule is O=C(O)C(=O)NC1OCCc2c(-c3nn[nH]n3)csc21. The second-order valence-electron chi connectivity index (χ2n) is 4.01. The Morgan fingerprint density at radius 1 is 1.55 bits per heavy atom. The Hall–Kier alpha value is -2.33. The average Bonchev–Trinajstić information content (AvgIpc) is 3.07. The van der Waals surface area contributed by atoms with Crippen LogP contribution in [-0.4, -0.2) is 44.2 Å². The van der Waals surface area contributed by atoms with Crippen LogP contribution in [0, 0.1) is 0 Å². The minimum atomic E-state index is -1.55. The number of thiophene rings is 1. The maximum Gasteiger partial charge on any atom is 0.394 e. The second kappa shape index (κ2) is 4.98. The van der Waals surface area contributed by atoms with Crippen molar-refractivity contribution in [1.82, 2.24) is 25.9 Å². The number of carboxylic acids is 1. The van der Waals surface area contributed by atoms with Gasteiger partial charge < -0.3 is 15.2 Å². The molecule has 1 unspecified atom stereocenters. The molecule has 1 amide bonds. The van der Waals surface area contributed by atoms with E-state index in [2.05, 4.69) is 25.9 Å². The molecule has 2 aromatic heterocycles. The molecule has 0 fully saturated rings. The molecule has 1 aliphatic rings. The van der Waals surface area contributed by atoms with Crippen molar-refractivity contribution in [1.29, 1.82) is 0 Å². The van der Waals surface area contributed by atoms with Crippen LogP contribution in [0.4, 0.5) is 0 Å². The summed E-state index contributed by atoms with van der Waals surface area (Å²) in [6, 6.07) is 0. The lowest BCUT2D eigenvalue weighted by Crippen LogP contribution is -2.37. The van der Waals surface area contributed by atoms with Gasteiger partial charge in [0.1, 0.15) is 0 Å². The number of aromatic amines is 1. The third-order valence-electron chi connectivity index (χ3n) is 2.84. The van der Waals surface area contributed by atoms with Gasteiger partial charge in [-0.2, -0.15) is 5.21 Å². The highest BCUT2D eigenvalue weighted by Gasteiger charge is 2.29. The molecule has 20 heavy (non-hydrogen) atoms. The van der Waals surface area contributed by atoms with E-state index in [4.69, 9.17) is 9.84 Å². The highest BCUT2D eigenvalue weighted by Crippen LogP contribution is 2.37. The summed E-state index contributed by atoms with van der Waals surface area (Å²) in [5, 5.41) is 26.5. The lowest BCUT2D eigenvalue weighted by molar-refractivity contribution is -0.152. The number of amides is 1. The van der Waals surface area contributed by atoms with E-state index >= 15 is 0 Å². The molecular formula is C10H9N5O4S. The molecule has 9 nitrogen and oxygen atoms in total. The largest absolute Gasteiger partial charge is 0.474 e. The number of rotatable bonds is 2. The maximum atomic E-state index is 11.2. The van der Waals surface area contributed by atoms with Crippen LogP contribution >= 0.6 is 11.3 Å². The number of hydrogen-bond acceptors (Lipinski definition) is 7. The fourth-order valence-electron chi connectivity index (χ4n) is 1.98. The van der Waals surface area contributed by atoms with Gasteiger partial charge in [0.15, 0.2) is 6.23 Å². The molecule has 10 heteroatoms. The van der Waals surface area contributed by atoms with Crippen LogP contribution in [0.2, 0.25) is 0 Å². The molecule has 1 atom stereocenters. The molecule has 3 N–H and O–H groups in total. The topological polar surface area (TPSA) is 130 Å². The molecule has 3 heterocycles. The van der Waals surface area contributed by atoms with Crippen LogP contribution in [0.3, 0.4) is 0 Å². The Labute approximate surface area is 116 Å². The third kappa shape index (κ3) is 2.14. The second-order valence-corrected chi connectivity index (χ2v) is 4.92. The van der Waals surface area contributed by atoms with E-state index in [9.17, 15) is 9.59 Å². The lowest BCUT2D eigenvalue weighted by atomic mass is 10.0. The molecule has 0 saturated carbocycles. The van der Waals surface area contributed by atoms with Crippen LogP contribution in [0.5, 0.6) is 0 Å². The number of fused-ring (bicyclic) bond motifs is 1. The smallest absolute Gasteiger partial charge is 0.394 e. The maximum absolute atomic E-state index is 11.2. The number of nitrogens with one attached hydrogen (secondary N) is 2. The van der Waals surface area contributed by atoms with E-state index in [0.29, 0.717) is 18.9 Å². The van der Waals surface area contributed by atoms with Crippen molar-refractivity contribution in [3.8, 4) is 11.4 Å². The van der Waals surface area contributed by atoms with E-state index in [0.717, 1.165) is 16.0 Å². The molecule has 3 rings (SSSR count). The predicted octanol–water partition coefficient (Wildman–Crippen LogP) is -0.300. The monoisotopic (exact) mass is 295 g/mol. The number of carbonyl (C=O) groups is 2. The van der Waals surface area contributed by atoms with Gasteiger partial charge >= 0.3 is 11.9 Å². The first-order valence-corrected chi connectivity index (χ1v) is 6.54. The number of H-pyrrole nitrogens is 1.